The molecule has 0 saturated carbocycles. The number of sulfonamides is 1. The Hall–Kier alpha value is -2.71. The second-order valence-electron chi connectivity index (χ2n) is 8.20. The van der Waals surface area contributed by atoms with Gasteiger partial charge in [-0.1, -0.05) is 37.6 Å². The predicted molar refractivity (Wildman–Crippen MR) is 126 cm³/mol. The number of hydrogen-bond donors (Lipinski definition) is 2. The first kappa shape index (κ1) is 23.9. The molecule has 1 aliphatic rings. The fourth-order valence-electron chi connectivity index (χ4n) is 3.59. The smallest absolute Gasteiger partial charge is 0.255 e. The number of benzene rings is 2. The molecule has 8 heteroatoms. The summed E-state index contributed by atoms with van der Waals surface area (Å²) >= 11 is 0. The van der Waals surface area contributed by atoms with Crippen LogP contribution in [0.1, 0.15) is 65.8 Å². The van der Waals surface area contributed by atoms with Gasteiger partial charge in [-0.2, -0.15) is 0 Å². The van der Waals surface area contributed by atoms with Crippen LogP contribution in [0.3, 0.4) is 0 Å². The molecule has 0 unspecified atom stereocenters. The molecular formula is C24H31N3O4S. The molecule has 7 nitrogen and oxygen atoms in total. The van der Waals surface area contributed by atoms with Crippen LogP contribution in [0.4, 0.5) is 5.69 Å². The van der Waals surface area contributed by atoms with E-state index in [1.807, 2.05) is 13.8 Å². The van der Waals surface area contributed by atoms with Crippen molar-refractivity contribution in [3.05, 3.63) is 65.2 Å². The number of amides is 2. The summed E-state index contributed by atoms with van der Waals surface area (Å²) in [4.78, 5) is 25.3. The largest absolute Gasteiger partial charge is 0.350 e. The van der Waals surface area contributed by atoms with Gasteiger partial charge in [0.2, 0.25) is 10.0 Å². The standard InChI is InChI=1S/C24H31N3O4S/c1-3-18(2)25-24(29)21-9-5-6-10-22(21)26-23(28)20-13-11-19(12-14-20)17-32(30,31)27-15-7-4-8-16-27/h5-6,9-14,18H,3-4,7-8,15-17H2,1-2H3,(H,25,29)(H,26,28)/t18-/m1/s1. The molecule has 0 aromatic heterocycles. The minimum Gasteiger partial charge on any atom is -0.350 e. The number of nitrogens with one attached hydrogen (secondary N) is 2. The van der Waals surface area contributed by atoms with Crippen LogP contribution in [0.15, 0.2) is 48.5 Å². The minimum absolute atomic E-state index is 0.0278. The maximum absolute atomic E-state index is 12.7. The summed E-state index contributed by atoms with van der Waals surface area (Å²) in [5, 5.41) is 5.70. The van der Waals surface area contributed by atoms with Gasteiger partial charge in [-0.3, -0.25) is 9.59 Å². The number of hydrogen-bond acceptors (Lipinski definition) is 4. The van der Waals surface area contributed by atoms with Gasteiger partial charge in [-0.25, -0.2) is 12.7 Å². The fraction of sp³-hybridized carbons (Fsp3) is 0.417. The Morgan fingerprint density at radius 3 is 2.28 bits per heavy atom. The molecule has 32 heavy (non-hydrogen) atoms. The highest BCUT2D eigenvalue weighted by atomic mass is 32.2. The zero-order chi connectivity index (χ0) is 23.1. The Kier molecular flexibility index (Phi) is 8.04. The number of carbonyl (C=O) groups excluding carboxylic acids is 2. The van der Waals surface area contributed by atoms with E-state index < -0.39 is 10.0 Å². The van der Waals surface area contributed by atoms with Crippen molar-refractivity contribution in [2.24, 2.45) is 0 Å². The van der Waals surface area contributed by atoms with Crippen LogP contribution < -0.4 is 10.6 Å². The van der Waals surface area contributed by atoms with Gasteiger partial charge in [0.15, 0.2) is 0 Å². The van der Waals surface area contributed by atoms with Crippen molar-refractivity contribution in [3.63, 3.8) is 0 Å². The van der Waals surface area contributed by atoms with Crippen LogP contribution >= 0.6 is 0 Å². The highest BCUT2D eigenvalue weighted by Crippen LogP contribution is 2.19. The van der Waals surface area contributed by atoms with Crippen molar-refractivity contribution in [2.75, 3.05) is 18.4 Å². The molecule has 1 heterocycles. The molecule has 2 N–H and O–H groups in total. The highest BCUT2D eigenvalue weighted by Gasteiger charge is 2.24. The molecular weight excluding hydrogens is 426 g/mol. The Bertz CT molecular complexity index is 1050. The Morgan fingerprint density at radius 1 is 0.969 bits per heavy atom. The number of rotatable bonds is 8. The topological polar surface area (TPSA) is 95.6 Å². The van der Waals surface area contributed by atoms with Gasteiger partial charge in [0.25, 0.3) is 11.8 Å². The quantitative estimate of drug-likeness (QED) is 0.631. The first-order chi connectivity index (χ1) is 15.3. The molecule has 2 aromatic rings. The van der Waals surface area contributed by atoms with Crippen LogP contribution in [-0.2, 0) is 15.8 Å². The lowest BCUT2D eigenvalue weighted by Gasteiger charge is -2.25. The third-order valence-electron chi connectivity index (χ3n) is 5.68. The third-order valence-corrected chi connectivity index (χ3v) is 7.53. The van der Waals surface area contributed by atoms with Gasteiger partial charge in [-0.05, 0) is 56.0 Å². The van der Waals surface area contributed by atoms with E-state index in [-0.39, 0.29) is 23.6 Å². The van der Waals surface area contributed by atoms with E-state index in [9.17, 15) is 18.0 Å². The third kappa shape index (κ3) is 6.17. The van der Waals surface area contributed by atoms with Gasteiger partial charge < -0.3 is 10.6 Å². The van der Waals surface area contributed by atoms with Crippen LogP contribution in [-0.4, -0.2) is 43.7 Å². The van der Waals surface area contributed by atoms with Gasteiger partial charge in [0.05, 0.1) is 17.0 Å². The maximum atomic E-state index is 12.7. The Labute approximate surface area is 190 Å². The van der Waals surface area contributed by atoms with Gasteiger partial charge in [-0.15, -0.1) is 0 Å². The molecule has 1 atom stereocenters. The number of piperidine rings is 1. The SMILES string of the molecule is CC[C@@H](C)NC(=O)c1ccccc1NC(=O)c1ccc(CS(=O)(=O)N2CCCCC2)cc1. The molecule has 1 fully saturated rings. The summed E-state index contributed by atoms with van der Waals surface area (Å²) in [5.41, 5.74) is 1.85. The number of nitrogens with zero attached hydrogens (tertiary/aromatic N) is 1. The lowest BCUT2D eigenvalue weighted by Crippen LogP contribution is -2.36. The monoisotopic (exact) mass is 457 g/mol. The van der Waals surface area contributed by atoms with E-state index in [0.29, 0.717) is 35.5 Å². The van der Waals surface area contributed by atoms with Crippen LogP contribution in [0.25, 0.3) is 0 Å². The van der Waals surface area contributed by atoms with Crippen molar-refractivity contribution in [2.45, 2.75) is 51.3 Å². The molecule has 2 amide bonds. The summed E-state index contributed by atoms with van der Waals surface area (Å²) in [7, 11) is -3.36. The van der Waals surface area contributed by atoms with Gasteiger partial charge in [0, 0.05) is 24.7 Å². The van der Waals surface area contributed by atoms with Crippen LogP contribution in [0, 0.1) is 0 Å². The summed E-state index contributed by atoms with van der Waals surface area (Å²) in [6.07, 6.45) is 3.67. The van der Waals surface area contributed by atoms with Crippen molar-refractivity contribution >= 4 is 27.5 Å². The van der Waals surface area contributed by atoms with Gasteiger partial charge in [0.1, 0.15) is 0 Å². The lowest BCUT2D eigenvalue weighted by atomic mass is 10.1. The lowest BCUT2D eigenvalue weighted by molar-refractivity contribution is 0.0940. The summed E-state index contributed by atoms with van der Waals surface area (Å²) in [5.74, 6) is -0.680. The van der Waals surface area contributed by atoms with Crippen molar-refractivity contribution in [1.29, 1.82) is 0 Å². The number of para-hydroxylation sites is 1. The zero-order valence-electron chi connectivity index (χ0n) is 18.6. The zero-order valence-corrected chi connectivity index (χ0v) is 19.5. The fourth-order valence-corrected chi connectivity index (χ4v) is 5.20. The molecule has 1 aliphatic heterocycles. The molecule has 1 saturated heterocycles. The predicted octanol–water partition coefficient (Wildman–Crippen LogP) is 3.78. The van der Waals surface area contributed by atoms with Crippen molar-refractivity contribution < 1.29 is 18.0 Å². The first-order valence-corrected chi connectivity index (χ1v) is 12.7. The van der Waals surface area contributed by atoms with Crippen molar-refractivity contribution in [1.82, 2.24) is 9.62 Å². The normalized spacial score (nSPS) is 15.7. The van der Waals surface area contributed by atoms with E-state index >= 15 is 0 Å². The minimum atomic E-state index is -3.36. The summed E-state index contributed by atoms with van der Waals surface area (Å²) in [6.45, 7) is 5.06. The van der Waals surface area contributed by atoms with E-state index in [2.05, 4.69) is 10.6 Å². The van der Waals surface area contributed by atoms with Crippen molar-refractivity contribution in [3.8, 4) is 0 Å². The average molecular weight is 458 g/mol. The van der Waals surface area contributed by atoms with E-state index in [1.165, 1.54) is 0 Å². The van der Waals surface area contributed by atoms with Crippen LogP contribution in [0.2, 0.25) is 0 Å². The molecule has 0 spiro atoms. The maximum Gasteiger partial charge on any atom is 0.255 e. The van der Waals surface area contributed by atoms with E-state index in [0.717, 1.165) is 25.7 Å². The number of anilines is 1. The second kappa shape index (κ2) is 10.7. The average Bonchev–Trinajstić information content (AvgIpc) is 2.80. The second-order valence-corrected chi connectivity index (χ2v) is 10.2. The van der Waals surface area contributed by atoms with E-state index in [1.54, 1.807) is 52.8 Å². The Morgan fingerprint density at radius 2 is 1.62 bits per heavy atom. The summed E-state index contributed by atoms with van der Waals surface area (Å²) in [6, 6.07) is 13.4. The number of carbonyl (C=O) groups is 2. The molecule has 2 aromatic carbocycles. The molecule has 0 radical (unpaired) electrons. The molecule has 3 rings (SSSR count). The van der Waals surface area contributed by atoms with Crippen LogP contribution in [0.5, 0.6) is 0 Å². The molecule has 172 valence electrons. The first-order valence-electron chi connectivity index (χ1n) is 11.1. The highest BCUT2D eigenvalue weighted by molar-refractivity contribution is 7.88. The molecule has 0 aliphatic carbocycles. The van der Waals surface area contributed by atoms with E-state index in [4.69, 9.17) is 0 Å². The summed E-state index contributed by atoms with van der Waals surface area (Å²) < 4.78 is 26.8. The van der Waals surface area contributed by atoms with Gasteiger partial charge >= 0.3 is 0 Å². The Balaban J connectivity index is 1.67. The molecule has 0 bridgehead atoms.